The summed E-state index contributed by atoms with van der Waals surface area (Å²) in [5, 5.41) is 2.90. The smallest absolute Gasteiger partial charge is 0.243 e. The third-order valence-electron chi connectivity index (χ3n) is 6.47. The molecule has 2 atom stereocenters. The predicted molar refractivity (Wildman–Crippen MR) is 106 cm³/mol. The van der Waals surface area contributed by atoms with Crippen LogP contribution in [0.3, 0.4) is 0 Å². The molecule has 1 amide bonds. The van der Waals surface area contributed by atoms with E-state index in [4.69, 9.17) is 0 Å². The van der Waals surface area contributed by atoms with Gasteiger partial charge in [0.05, 0.1) is 4.90 Å². The van der Waals surface area contributed by atoms with Crippen LogP contribution < -0.4 is 5.32 Å². The zero-order chi connectivity index (χ0) is 19.7. The van der Waals surface area contributed by atoms with Crippen molar-refractivity contribution in [3.63, 3.8) is 0 Å². The molecule has 6 nitrogen and oxygen atoms in total. The van der Waals surface area contributed by atoms with Crippen molar-refractivity contribution in [3.05, 3.63) is 24.3 Å². The van der Waals surface area contributed by atoms with Gasteiger partial charge in [-0.05, 0) is 56.7 Å². The number of ketones is 1. The van der Waals surface area contributed by atoms with E-state index in [1.807, 2.05) is 0 Å². The van der Waals surface area contributed by atoms with Crippen LogP contribution in [0.2, 0.25) is 0 Å². The largest absolute Gasteiger partial charge is 0.326 e. The van der Waals surface area contributed by atoms with E-state index in [9.17, 15) is 18.0 Å². The van der Waals surface area contributed by atoms with Crippen molar-refractivity contribution < 1.29 is 18.0 Å². The zero-order valence-corrected chi connectivity index (χ0v) is 16.9. The number of benzene rings is 1. The highest BCUT2D eigenvalue weighted by Crippen LogP contribution is 2.40. The van der Waals surface area contributed by atoms with Crippen LogP contribution >= 0.6 is 0 Å². The molecule has 152 valence electrons. The van der Waals surface area contributed by atoms with E-state index in [1.54, 1.807) is 24.3 Å². The first-order valence-electron chi connectivity index (χ1n) is 10.4. The average molecular weight is 405 g/mol. The van der Waals surface area contributed by atoms with E-state index < -0.39 is 10.0 Å². The van der Waals surface area contributed by atoms with Gasteiger partial charge in [0.25, 0.3) is 0 Å². The summed E-state index contributed by atoms with van der Waals surface area (Å²) < 4.78 is 27.3. The molecule has 0 radical (unpaired) electrons. The molecule has 3 aliphatic rings. The Bertz CT molecular complexity index is 845. The van der Waals surface area contributed by atoms with Gasteiger partial charge in [-0.3, -0.25) is 9.59 Å². The van der Waals surface area contributed by atoms with Gasteiger partial charge in [-0.1, -0.05) is 18.9 Å². The fourth-order valence-electron chi connectivity index (χ4n) is 4.93. The number of anilines is 1. The quantitative estimate of drug-likeness (QED) is 0.835. The minimum Gasteiger partial charge on any atom is -0.326 e. The highest BCUT2D eigenvalue weighted by Gasteiger charge is 2.41. The minimum absolute atomic E-state index is 0.0223. The monoisotopic (exact) mass is 404 g/mol. The molecule has 4 rings (SSSR count). The number of nitrogens with one attached hydrogen (secondary N) is 1. The molecule has 7 heteroatoms. The predicted octanol–water partition coefficient (Wildman–Crippen LogP) is 3.20. The van der Waals surface area contributed by atoms with Crippen LogP contribution in [-0.4, -0.2) is 37.5 Å². The van der Waals surface area contributed by atoms with Crippen molar-refractivity contribution in [2.24, 2.45) is 17.8 Å². The first-order valence-corrected chi connectivity index (χ1v) is 11.8. The molecule has 28 heavy (non-hydrogen) atoms. The lowest BCUT2D eigenvalue weighted by atomic mass is 9.67. The number of fused-ring (bicyclic) bond motifs is 2. The summed E-state index contributed by atoms with van der Waals surface area (Å²) in [6.07, 6.45) is 6.93. The Labute approximate surface area is 166 Å². The van der Waals surface area contributed by atoms with Crippen LogP contribution in [0.4, 0.5) is 5.69 Å². The Kier molecular flexibility index (Phi) is 5.56. The lowest BCUT2D eigenvalue weighted by molar-refractivity contribution is -0.136. The van der Waals surface area contributed by atoms with Crippen LogP contribution in [-0.2, 0) is 19.6 Å². The van der Waals surface area contributed by atoms with Crippen molar-refractivity contribution in [2.45, 2.75) is 56.3 Å². The van der Waals surface area contributed by atoms with Crippen molar-refractivity contribution in [2.75, 3.05) is 18.4 Å². The molecule has 0 aromatic heterocycles. The number of sulfonamides is 1. The summed E-state index contributed by atoms with van der Waals surface area (Å²) in [5.41, 5.74) is 0.505. The number of nitrogens with zero attached hydrogens (tertiary/aromatic N) is 1. The Morgan fingerprint density at radius 1 is 1.00 bits per heavy atom. The molecule has 1 saturated heterocycles. The highest BCUT2D eigenvalue weighted by atomic mass is 32.2. The normalized spacial score (nSPS) is 28.7. The summed E-state index contributed by atoms with van der Waals surface area (Å²) in [4.78, 5) is 25.2. The Hall–Kier alpha value is -1.73. The Morgan fingerprint density at radius 3 is 2.36 bits per heavy atom. The van der Waals surface area contributed by atoms with Gasteiger partial charge in [0.1, 0.15) is 5.78 Å². The van der Waals surface area contributed by atoms with Gasteiger partial charge < -0.3 is 5.32 Å². The summed E-state index contributed by atoms with van der Waals surface area (Å²) in [7, 11) is -3.53. The second-order valence-electron chi connectivity index (χ2n) is 8.38. The number of Topliss-reactive ketones (excluding diaryl/α,β-unsaturated/α-hetero) is 1. The van der Waals surface area contributed by atoms with Crippen LogP contribution in [0.15, 0.2) is 29.2 Å². The standard InChI is InChI=1S/C21H28N2O4S/c24-20-15-6-4-7-16(20)13-17(12-15)21(25)22-18-8-5-9-19(14-18)28(26,27)23-10-2-1-3-11-23/h5,8-9,14-17H,1-4,6-7,10-13H2,(H,22,25). The second kappa shape index (κ2) is 7.95. The number of amides is 1. The summed E-state index contributed by atoms with van der Waals surface area (Å²) in [6.45, 7) is 1.11. The Balaban J connectivity index is 1.46. The van der Waals surface area contributed by atoms with Gasteiger partial charge in [0.2, 0.25) is 15.9 Å². The third-order valence-corrected chi connectivity index (χ3v) is 8.37. The topological polar surface area (TPSA) is 83.6 Å². The first kappa shape index (κ1) is 19.6. The summed E-state index contributed by atoms with van der Waals surface area (Å²) in [5.74, 6) is 0.111. The second-order valence-corrected chi connectivity index (χ2v) is 10.3. The van der Waals surface area contributed by atoms with E-state index in [0.717, 1.165) is 38.5 Å². The Morgan fingerprint density at radius 2 is 1.68 bits per heavy atom. The molecular weight excluding hydrogens is 376 g/mol. The molecule has 1 heterocycles. The van der Waals surface area contributed by atoms with Crippen molar-refractivity contribution in [1.29, 1.82) is 0 Å². The van der Waals surface area contributed by atoms with E-state index in [0.29, 0.717) is 37.4 Å². The fourth-order valence-corrected chi connectivity index (χ4v) is 6.49. The molecule has 1 aromatic carbocycles. The summed E-state index contributed by atoms with van der Waals surface area (Å²) >= 11 is 0. The molecule has 0 spiro atoms. The third kappa shape index (κ3) is 3.87. The van der Waals surface area contributed by atoms with Gasteiger partial charge in [-0.25, -0.2) is 8.42 Å². The molecule has 1 N–H and O–H groups in total. The molecule has 2 saturated carbocycles. The molecule has 2 aliphatic carbocycles. The van der Waals surface area contributed by atoms with Crippen LogP contribution in [0.1, 0.15) is 51.4 Å². The number of carbonyl (C=O) groups excluding carboxylic acids is 2. The number of rotatable bonds is 4. The average Bonchev–Trinajstić information content (AvgIpc) is 2.68. The van der Waals surface area contributed by atoms with Crippen molar-refractivity contribution in [3.8, 4) is 0 Å². The minimum atomic E-state index is -3.53. The number of piperidine rings is 1. The number of hydrogen-bond acceptors (Lipinski definition) is 4. The van der Waals surface area contributed by atoms with Gasteiger partial charge in [0, 0.05) is 36.5 Å². The fraction of sp³-hybridized carbons (Fsp3) is 0.619. The molecular formula is C21H28N2O4S. The maximum Gasteiger partial charge on any atom is 0.243 e. The SMILES string of the molecule is O=C(Nc1cccc(S(=O)(=O)N2CCCCC2)c1)C1CC2CCCC(C1)C2=O. The molecule has 1 aliphatic heterocycles. The number of carbonyl (C=O) groups is 2. The molecule has 1 aromatic rings. The first-order chi connectivity index (χ1) is 13.4. The highest BCUT2D eigenvalue weighted by molar-refractivity contribution is 7.89. The van der Waals surface area contributed by atoms with Crippen LogP contribution in [0, 0.1) is 17.8 Å². The summed E-state index contributed by atoms with van der Waals surface area (Å²) in [6, 6.07) is 6.54. The van der Waals surface area contributed by atoms with Crippen molar-refractivity contribution in [1.82, 2.24) is 4.31 Å². The van der Waals surface area contributed by atoms with E-state index in [1.165, 1.54) is 4.31 Å². The molecule has 2 unspecified atom stereocenters. The van der Waals surface area contributed by atoms with Gasteiger partial charge in [-0.2, -0.15) is 4.31 Å². The lowest BCUT2D eigenvalue weighted by Crippen LogP contribution is -2.40. The van der Waals surface area contributed by atoms with Crippen LogP contribution in [0.25, 0.3) is 0 Å². The zero-order valence-electron chi connectivity index (χ0n) is 16.1. The number of hydrogen-bond donors (Lipinski definition) is 1. The van der Waals surface area contributed by atoms with E-state index in [2.05, 4.69) is 5.32 Å². The maximum atomic E-state index is 12.9. The van der Waals surface area contributed by atoms with Crippen LogP contribution in [0.5, 0.6) is 0 Å². The molecule has 3 fully saturated rings. The van der Waals surface area contributed by atoms with Gasteiger partial charge >= 0.3 is 0 Å². The molecule has 2 bridgehead atoms. The lowest BCUT2D eigenvalue weighted by Gasteiger charge is -2.36. The van der Waals surface area contributed by atoms with Gasteiger partial charge in [0.15, 0.2) is 0 Å². The van der Waals surface area contributed by atoms with Gasteiger partial charge in [-0.15, -0.1) is 0 Å². The van der Waals surface area contributed by atoms with E-state index >= 15 is 0 Å². The maximum absolute atomic E-state index is 12.9. The van der Waals surface area contributed by atoms with Crippen molar-refractivity contribution >= 4 is 27.4 Å². The van der Waals surface area contributed by atoms with E-state index in [-0.39, 0.29) is 28.6 Å².